The average molecular weight is 152 g/mol. The summed E-state index contributed by atoms with van der Waals surface area (Å²) in [5.41, 5.74) is 0.675. The largest absolute Gasteiger partial charge is 0.392 e. The van der Waals surface area contributed by atoms with Crippen LogP contribution < -0.4 is 0 Å². The Bertz CT molecular complexity index is 231. The fourth-order valence-electron chi connectivity index (χ4n) is 4.17. The SMILES string of the molecule is CC1(C)[C@H]2[C@H]3C[C@]1(C)[C@@H](O)[C@H]32. The fourth-order valence-corrected chi connectivity index (χ4v) is 4.17. The zero-order valence-electron chi connectivity index (χ0n) is 7.46. The molecule has 0 radical (unpaired) electrons. The maximum Gasteiger partial charge on any atom is 0.0632 e. The molecule has 0 aromatic rings. The van der Waals surface area contributed by atoms with Crippen LogP contribution in [0.5, 0.6) is 0 Å². The predicted molar refractivity (Wildman–Crippen MR) is 43.0 cm³/mol. The molecule has 4 bridgehead atoms. The molecule has 1 N–H and O–H groups in total. The number of hydrogen-bond donors (Lipinski definition) is 1. The first-order valence-corrected chi connectivity index (χ1v) is 4.68. The van der Waals surface area contributed by atoms with Gasteiger partial charge in [0.2, 0.25) is 0 Å². The molecule has 1 nitrogen and oxygen atoms in total. The van der Waals surface area contributed by atoms with Gasteiger partial charge in [-0.1, -0.05) is 20.8 Å². The maximum atomic E-state index is 9.94. The quantitative estimate of drug-likeness (QED) is 0.559. The lowest BCUT2D eigenvalue weighted by Gasteiger charge is -2.36. The second-order valence-corrected chi connectivity index (χ2v) is 5.56. The van der Waals surface area contributed by atoms with E-state index in [9.17, 15) is 5.11 Å². The van der Waals surface area contributed by atoms with E-state index in [0.29, 0.717) is 11.3 Å². The van der Waals surface area contributed by atoms with Crippen molar-refractivity contribution in [3.8, 4) is 0 Å². The van der Waals surface area contributed by atoms with Gasteiger partial charge in [-0.05, 0) is 35.0 Å². The van der Waals surface area contributed by atoms with E-state index in [4.69, 9.17) is 0 Å². The molecular formula is C10H16O. The van der Waals surface area contributed by atoms with Gasteiger partial charge in [0.15, 0.2) is 0 Å². The lowest BCUT2D eigenvalue weighted by Crippen LogP contribution is -2.35. The molecule has 4 saturated carbocycles. The zero-order valence-corrected chi connectivity index (χ0v) is 7.46. The van der Waals surface area contributed by atoms with Crippen LogP contribution in [0.25, 0.3) is 0 Å². The van der Waals surface area contributed by atoms with Crippen LogP contribution in [0, 0.1) is 28.6 Å². The van der Waals surface area contributed by atoms with Crippen molar-refractivity contribution >= 4 is 0 Å². The van der Waals surface area contributed by atoms with Gasteiger partial charge in [0.1, 0.15) is 0 Å². The van der Waals surface area contributed by atoms with E-state index in [1.165, 1.54) is 6.42 Å². The molecule has 0 saturated heterocycles. The van der Waals surface area contributed by atoms with Crippen LogP contribution in [0.15, 0.2) is 0 Å². The van der Waals surface area contributed by atoms with Crippen molar-refractivity contribution < 1.29 is 5.11 Å². The Hall–Kier alpha value is -0.0400. The molecule has 0 amide bonds. The zero-order chi connectivity index (χ0) is 8.02. The molecule has 0 heterocycles. The van der Waals surface area contributed by atoms with Gasteiger partial charge in [-0.3, -0.25) is 0 Å². The molecule has 4 rings (SSSR count). The summed E-state index contributed by atoms with van der Waals surface area (Å²) in [7, 11) is 0. The molecule has 4 aliphatic carbocycles. The number of aliphatic hydroxyl groups excluding tert-OH is 1. The summed E-state index contributed by atoms with van der Waals surface area (Å²) in [5, 5.41) is 9.94. The summed E-state index contributed by atoms with van der Waals surface area (Å²) < 4.78 is 0. The lowest BCUT2D eigenvalue weighted by molar-refractivity contribution is 0.0184. The minimum atomic E-state index is 0.0208. The van der Waals surface area contributed by atoms with Crippen LogP contribution in [0.2, 0.25) is 0 Å². The van der Waals surface area contributed by atoms with E-state index >= 15 is 0 Å². The van der Waals surface area contributed by atoms with Gasteiger partial charge >= 0.3 is 0 Å². The first kappa shape index (κ1) is 6.47. The standard InChI is InChI=1S/C10H16O/c1-9(2)7-5-4-10(9,3)8(11)6(5)7/h5-8,11H,4H2,1-3H3/t5-,6+,7-,8-,10+/m0/s1. The first-order chi connectivity index (χ1) is 5.00. The lowest BCUT2D eigenvalue weighted by atomic mass is 9.70. The molecule has 4 fully saturated rings. The van der Waals surface area contributed by atoms with Crippen molar-refractivity contribution in [3.63, 3.8) is 0 Å². The third-order valence-electron chi connectivity index (χ3n) is 5.21. The predicted octanol–water partition coefficient (Wildman–Crippen LogP) is 1.66. The van der Waals surface area contributed by atoms with E-state index in [1.807, 2.05) is 0 Å². The number of hydrogen-bond acceptors (Lipinski definition) is 1. The van der Waals surface area contributed by atoms with Crippen LogP contribution in [-0.4, -0.2) is 11.2 Å². The third-order valence-corrected chi connectivity index (χ3v) is 5.21. The van der Waals surface area contributed by atoms with E-state index in [0.717, 1.165) is 11.8 Å². The van der Waals surface area contributed by atoms with Crippen LogP contribution >= 0.6 is 0 Å². The first-order valence-electron chi connectivity index (χ1n) is 4.68. The van der Waals surface area contributed by atoms with Crippen molar-refractivity contribution in [1.82, 2.24) is 0 Å². The Balaban J connectivity index is 2.16. The van der Waals surface area contributed by atoms with Crippen molar-refractivity contribution in [1.29, 1.82) is 0 Å². The Morgan fingerprint density at radius 3 is 2.00 bits per heavy atom. The highest BCUT2D eigenvalue weighted by Crippen LogP contribution is 2.83. The van der Waals surface area contributed by atoms with E-state index in [-0.39, 0.29) is 11.5 Å². The van der Waals surface area contributed by atoms with Gasteiger partial charge in [-0.25, -0.2) is 0 Å². The third kappa shape index (κ3) is 0.395. The number of aliphatic hydroxyl groups is 1. The monoisotopic (exact) mass is 152 g/mol. The molecule has 4 aliphatic rings. The van der Waals surface area contributed by atoms with Crippen LogP contribution in [0.4, 0.5) is 0 Å². The van der Waals surface area contributed by atoms with Crippen molar-refractivity contribution in [3.05, 3.63) is 0 Å². The maximum absolute atomic E-state index is 9.94. The highest BCUT2D eigenvalue weighted by atomic mass is 16.3. The van der Waals surface area contributed by atoms with Crippen LogP contribution in [-0.2, 0) is 0 Å². The van der Waals surface area contributed by atoms with Crippen molar-refractivity contribution in [2.75, 3.05) is 0 Å². The second-order valence-electron chi connectivity index (χ2n) is 5.56. The molecule has 1 heteroatoms. The van der Waals surface area contributed by atoms with Crippen molar-refractivity contribution in [2.24, 2.45) is 28.6 Å². The molecule has 0 aliphatic heterocycles. The van der Waals surface area contributed by atoms with E-state index in [2.05, 4.69) is 20.8 Å². The molecule has 11 heavy (non-hydrogen) atoms. The van der Waals surface area contributed by atoms with Gasteiger partial charge in [-0.15, -0.1) is 0 Å². The Labute approximate surface area is 67.8 Å². The Morgan fingerprint density at radius 2 is 1.91 bits per heavy atom. The molecule has 5 atom stereocenters. The molecule has 0 unspecified atom stereocenters. The van der Waals surface area contributed by atoms with Gasteiger partial charge in [0, 0.05) is 0 Å². The minimum Gasteiger partial charge on any atom is -0.392 e. The average Bonchev–Trinajstić information content (AvgIpc) is 2.43. The Kier molecular flexibility index (Phi) is 0.755. The van der Waals surface area contributed by atoms with E-state index < -0.39 is 0 Å². The van der Waals surface area contributed by atoms with Gasteiger partial charge in [0.25, 0.3) is 0 Å². The molecule has 62 valence electrons. The van der Waals surface area contributed by atoms with Gasteiger partial charge in [0.05, 0.1) is 6.10 Å². The van der Waals surface area contributed by atoms with Gasteiger partial charge < -0.3 is 5.11 Å². The molecule has 0 aromatic carbocycles. The minimum absolute atomic E-state index is 0.0208. The molecule has 0 aromatic heterocycles. The van der Waals surface area contributed by atoms with Gasteiger partial charge in [-0.2, -0.15) is 0 Å². The smallest absolute Gasteiger partial charge is 0.0632 e. The summed E-state index contributed by atoms with van der Waals surface area (Å²) in [5.74, 6) is 2.45. The summed E-state index contributed by atoms with van der Waals surface area (Å²) in [4.78, 5) is 0. The Morgan fingerprint density at radius 1 is 1.27 bits per heavy atom. The highest BCUT2D eigenvalue weighted by molar-refractivity contribution is 5.29. The highest BCUT2D eigenvalue weighted by Gasteiger charge is 2.81. The van der Waals surface area contributed by atoms with E-state index in [1.54, 1.807) is 0 Å². The summed E-state index contributed by atoms with van der Waals surface area (Å²) >= 11 is 0. The molecule has 0 spiro atoms. The number of rotatable bonds is 0. The normalized spacial score (nSPS) is 68.7. The summed E-state index contributed by atoms with van der Waals surface area (Å²) in [6, 6.07) is 0. The van der Waals surface area contributed by atoms with Crippen molar-refractivity contribution in [2.45, 2.75) is 33.3 Å². The summed E-state index contributed by atoms with van der Waals surface area (Å²) in [6.45, 7) is 6.96. The van der Waals surface area contributed by atoms with Crippen LogP contribution in [0.1, 0.15) is 27.2 Å². The topological polar surface area (TPSA) is 20.2 Å². The summed E-state index contributed by atoms with van der Waals surface area (Å²) in [6.07, 6.45) is 1.31. The fraction of sp³-hybridized carbons (Fsp3) is 1.00. The van der Waals surface area contributed by atoms with Crippen LogP contribution in [0.3, 0.4) is 0 Å². The molecular weight excluding hydrogens is 136 g/mol. The second kappa shape index (κ2) is 1.28.